The van der Waals surface area contributed by atoms with E-state index in [4.69, 9.17) is 11.6 Å². The predicted molar refractivity (Wildman–Crippen MR) is 119 cm³/mol. The average Bonchev–Trinajstić information content (AvgIpc) is 2.79. The molecule has 1 N–H and O–H groups in total. The Kier molecular flexibility index (Phi) is 6.26. The number of amides is 1. The fourth-order valence-electron chi connectivity index (χ4n) is 4.45. The number of hydrogen-bond donors (Lipinski definition) is 1. The van der Waals surface area contributed by atoms with Crippen LogP contribution in [-0.2, 0) is 4.79 Å². The summed E-state index contributed by atoms with van der Waals surface area (Å²) >= 11 is 6.35. The van der Waals surface area contributed by atoms with E-state index < -0.39 is 0 Å². The molecule has 154 valence electrons. The molecular formula is C23H30ClN4O+. The number of piperazine rings is 2. The van der Waals surface area contributed by atoms with E-state index in [0.717, 1.165) is 63.1 Å². The molecule has 29 heavy (non-hydrogen) atoms. The van der Waals surface area contributed by atoms with Crippen LogP contribution in [0.4, 0.5) is 11.4 Å². The normalized spacial score (nSPS) is 19.3. The largest absolute Gasteiger partial charge is 0.368 e. The van der Waals surface area contributed by atoms with Gasteiger partial charge >= 0.3 is 0 Å². The van der Waals surface area contributed by atoms with Gasteiger partial charge in [0.05, 0.1) is 36.9 Å². The molecule has 1 atom stereocenters. The monoisotopic (exact) mass is 413 g/mol. The van der Waals surface area contributed by atoms with Gasteiger partial charge in [0, 0.05) is 31.9 Å². The zero-order valence-electron chi connectivity index (χ0n) is 17.1. The number of rotatable bonds is 4. The molecule has 2 aliphatic rings. The molecule has 0 bridgehead atoms. The molecule has 0 unspecified atom stereocenters. The van der Waals surface area contributed by atoms with Crippen LogP contribution in [-0.4, -0.2) is 69.2 Å². The lowest BCUT2D eigenvalue weighted by atomic mass is 10.1. The SMILES string of the molecule is C[C@H](C(=O)N1CCN(c2ccccc2)CC1)[NH+]1CCN(c2ccccc2Cl)CC1. The maximum atomic E-state index is 13.1. The molecule has 2 fully saturated rings. The Hall–Kier alpha value is -2.24. The van der Waals surface area contributed by atoms with Gasteiger partial charge in [0.15, 0.2) is 6.04 Å². The summed E-state index contributed by atoms with van der Waals surface area (Å²) in [7, 11) is 0. The van der Waals surface area contributed by atoms with Crippen molar-refractivity contribution in [3.05, 3.63) is 59.6 Å². The molecule has 2 aliphatic heterocycles. The second-order valence-electron chi connectivity index (χ2n) is 7.97. The van der Waals surface area contributed by atoms with E-state index in [9.17, 15) is 4.79 Å². The number of carbonyl (C=O) groups excluding carboxylic acids is 1. The van der Waals surface area contributed by atoms with E-state index in [2.05, 4.69) is 52.0 Å². The van der Waals surface area contributed by atoms with Gasteiger partial charge in [-0.1, -0.05) is 41.9 Å². The maximum Gasteiger partial charge on any atom is 0.280 e. The van der Waals surface area contributed by atoms with Crippen molar-refractivity contribution in [2.75, 3.05) is 62.2 Å². The summed E-state index contributed by atoms with van der Waals surface area (Å²) in [5, 5.41) is 0.802. The number of hydrogen-bond acceptors (Lipinski definition) is 3. The molecule has 5 nitrogen and oxygen atoms in total. The summed E-state index contributed by atoms with van der Waals surface area (Å²) in [4.78, 5) is 21.2. The smallest absolute Gasteiger partial charge is 0.280 e. The first-order valence-corrected chi connectivity index (χ1v) is 10.9. The van der Waals surface area contributed by atoms with Crippen LogP contribution in [0, 0.1) is 0 Å². The van der Waals surface area contributed by atoms with Crippen LogP contribution in [0.25, 0.3) is 0 Å². The first kappa shape index (κ1) is 20.0. The summed E-state index contributed by atoms with van der Waals surface area (Å²) in [6.07, 6.45) is 0. The van der Waals surface area contributed by atoms with Crippen LogP contribution >= 0.6 is 11.6 Å². The third kappa shape index (κ3) is 4.51. The molecule has 0 aliphatic carbocycles. The topological polar surface area (TPSA) is 31.2 Å². The number of carbonyl (C=O) groups is 1. The molecule has 2 aromatic carbocycles. The number of anilines is 2. The molecule has 2 aromatic rings. The minimum absolute atomic E-state index is 0.00618. The van der Waals surface area contributed by atoms with Gasteiger partial charge in [0.1, 0.15) is 0 Å². The minimum atomic E-state index is 0.00618. The van der Waals surface area contributed by atoms with Gasteiger partial charge in [-0.25, -0.2) is 0 Å². The number of quaternary nitrogens is 1. The number of nitrogens with one attached hydrogen (secondary N) is 1. The maximum absolute atomic E-state index is 13.1. The average molecular weight is 414 g/mol. The van der Waals surface area contributed by atoms with Gasteiger partial charge in [-0.15, -0.1) is 0 Å². The molecule has 0 spiro atoms. The van der Waals surface area contributed by atoms with Crippen LogP contribution in [0.2, 0.25) is 5.02 Å². The van der Waals surface area contributed by atoms with Crippen molar-refractivity contribution in [3.8, 4) is 0 Å². The fraction of sp³-hybridized carbons (Fsp3) is 0.435. The zero-order chi connectivity index (χ0) is 20.2. The third-order valence-corrected chi connectivity index (χ3v) is 6.61. The molecule has 2 saturated heterocycles. The highest BCUT2D eigenvalue weighted by atomic mass is 35.5. The molecule has 0 radical (unpaired) electrons. The second-order valence-corrected chi connectivity index (χ2v) is 8.37. The van der Waals surface area contributed by atoms with E-state index in [1.165, 1.54) is 10.6 Å². The predicted octanol–water partition coefficient (Wildman–Crippen LogP) is 1.78. The van der Waals surface area contributed by atoms with Gasteiger partial charge < -0.3 is 19.6 Å². The molecule has 4 rings (SSSR count). The van der Waals surface area contributed by atoms with E-state index in [0.29, 0.717) is 5.91 Å². The molecular weight excluding hydrogens is 384 g/mol. The lowest BCUT2D eigenvalue weighted by molar-refractivity contribution is -0.915. The Labute approximate surface area is 178 Å². The highest BCUT2D eigenvalue weighted by Gasteiger charge is 2.33. The molecule has 1 amide bonds. The molecule has 2 heterocycles. The summed E-state index contributed by atoms with van der Waals surface area (Å²) in [5.74, 6) is 0.291. The van der Waals surface area contributed by atoms with Gasteiger partial charge in [0.25, 0.3) is 5.91 Å². The van der Waals surface area contributed by atoms with Crippen LogP contribution in [0.15, 0.2) is 54.6 Å². The number of halogens is 1. The van der Waals surface area contributed by atoms with Crippen molar-refractivity contribution in [2.45, 2.75) is 13.0 Å². The van der Waals surface area contributed by atoms with Crippen LogP contribution in [0.1, 0.15) is 6.92 Å². The van der Waals surface area contributed by atoms with Gasteiger partial charge in [-0.05, 0) is 31.2 Å². The van der Waals surface area contributed by atoms with Crippen molar-refractivity contribution in [1.29, 1.82) is 0 Å². The summed E-state index contributed by atoms with van der Waals surface area (Å²) < 4.78 is 0. The fourth-order valence-corrected chi connectivity index (χ4v) is 4.70. The Bertz CT molecular complexity index is 815. The van der Waals surface area contributed by atoms with Crippen molar-refractivity contribution < 1.29 is 9.69 Å². The van der Waals surface area contributed by atoms with Crippen molar-refractivity contribution in [2.24, 2.45) is 0 Å². The van der Waals surface area contributed by atoms with Crippen molar-refractivity contribution in [3.63, 3.8) is 0 Å². The lowest BCUT2D eigenvalue weighted by Crippen LogP contribution is -3.19. The Morgan fingerprint density at radius 3 is 2.14 bits per heavy atom. The molecule has 6 heteroatoms. The molecule has 0 aromatic heterocycles. The summed E-state index contributed by atoms with van der Waals surface area (Å²) in [5.41, 5.74) is 2.35. The number of para-hydroxylation sites is 2. The van der Waals surface area contributed by atoms with E-state index in [1.54, 1.807) is 0 Å². The second kappa shape index (κ2) is 9.06. The van der Waals surface area contributed by atoms with Gasteiger partial charge in [0.2, 0.25) is 0 Å². The van der Waals surface area contributed by atoms with Crippen LogP contribution in [0.3, 0.4) is 0 Å². The number of benzene rings is 2. The highest BCUT2D eigenvalue weighted by molar-refractivity contribution is 6.33. The van der Waals surface area contributed by atoms with Crippen molar-refractivity contribution >= 4 is 28.9 Å². The van der Waals surface area contributed by atoms with Crippen LogP contribution in [0.5, 0.6) is 0 Å². The van der Waals surface area contributed by atoms with E-state index >= 15 is 0 Å². The Balaban J connectivity index is 1.29. The van der Waals surface area contributed by atoms with Gasteiger partial charge in [-0.3, -0.25) is 4.79 Å². The quantitative estimate of drug-likeness (QED) is 0.829. The summed E-state index contributed by atoms with van der Waals surface area (Å²) in [6.45, 7) is 9.28. The number of nitrogens with zero attached hydrogens (tertiary/aromatic N) is 3. The summed E-state index contributed by atoms with van der Waals surface area (Å²) in [6, 6.07) is 18.5. The van der Waals surface area contributed by atoms with Crippen LogP contribution < -0.4 is 14.7 Å². The highest BCUT2D eigenvalue weighted by Crippen LogP contribution is 2.24. The lowest BCUT2D eigenvalue weighted by Gasteiger charge is -2.40. The van der Waals surface area contributed by atoms with E-state index in [-0.39, 0.29) is 6.04 Å². The Morgan fingerprint density at radius 1 is 0.862 bits per heavy atom. The Morgan fingerprint density at radius 2 is 1.48 bits per heavy atom. The van der Waals surface area contributed by atoms with Gasteiger partial charge in [-0.2, -0.15) is 0 Å². The van der Waals surface area contributed by atoms with E-state index in [1.807, 2.05) is 24.3 Å². The standard InChI is InChI=1S/C23H29ClN4O/c1-19(25-11-15-27(16-12-25)22-10-6-5-9-21(22)24)23(29)28-17-13-26(14-18-28)20-7-3-2-4-8-20/h2-10,19H,11-18H2,1H3/p+1/t19-/m1/s1. The van der Waals surface area contributed by atoms with Crippen molar-refractivity contribution in [1.82, 2.24) is 4.90 Å². The third-order valence-electron chi connectivity index (χ3n) is 6.29. The first-order chi connectivity index (χ1) is 14.1. The minimum Gasteiger partial charge on any atom is -0.368 e. The first-order valence-electron chi connectivity index (χ1n) is 10.6. The molecule has 0 saturated carbocycles. The zero-order valence-corrected chi connectivity index (χ0v) is 17.8.